The van der Waals surface area contributed by atoms with Gasteiger partial charge >= 0.3 is 0 Å². The number of hydrogen-bond donors (Lipinski definition) is 0. The minimum Gasteiger partial charge on any atom is -0.496 e. The van der Waals surface area contributed by atoms with Crippen molar-refractivity contribution in [2.45, 2.75) is 59.0 Å². The molecular weight excluding hydrogens is 545 g/mol. The highest BCUT2D eigenvalue weighted by atomic mass is 19.1. The Hall–Kier alpha value is -3.79. The van der Waals surface area contributed by atoms with Crippen LogP contribution in [0.15, 0.2) is 42.9 Å². The normalized spacial score (nSPS) is 17.5. The first-order valence-corrected chi connectivity index (χ1v) is 15.3. The largest absolute Gasteiger partial charge is 0.496 e. The maximum atomic E-state index is 14.2. The number of pyridine rings is 3. The Morgan fingerprint density at radius 3 is 2.40 bits per heavy atom. The number of halogens is 1. The minimum absolute atomic E-state index is 0.334. The fraction of sp³-hybridized carbons (Fsp3) is 0.515. The molecule has 0 bridgehead atoms. The van der Waals surface area contributed by atoms with Gasteiger partial charge in [-0.3, -0.25) is 9.97 Å². The lowest BCUT2D eigenvalue weighted by Gasteiger charge is -2.47. The first-order chi connectivity index (χ1) is 20.7. The van der Waals surface area contributed by atoms with Crippen molar-refractivity contribution in [3.63, 3.8) is 0 Å². The van der Waals surface area contributed by atoms with E-state index in [4.69, 9.17) is 24.5 Å². The summed E-state index contributed by atoms with van der Waals surface area (Å²) in [6.45, 7) is 12.2. The van der Waals surface area contributed by atoms with E-state index in [2.05, 4.69) is 14.8 Å². The number of aryl methyl sites for hydroxylation is 1. The lowest BCUT2D eigenvalue weighted by molar-refractivity contribution is 0.0457. The van der Waals surface area contributed by atoms with E-state index >= 15 is 0 Å². The highest BCUT2D eigenvalue weighted by Gasteiger charge is 2.39. The third-order valence-corrected chi connectivity index (χ3v) is 9.00. The Morgan fingerprint density at radius 2 is 1.70 bits per heavy atom. The number of alkyl halides is 1. The van der Waals surface area contributed by atoms with Gasteiger partial charge in [0.2, 0.25) is 0 Å². The van der Waals surface area contributed by atoms with Gasteiger partial charge in [-0.25, -0.2) is 14.1 Å². The number of ether oxygens (including phenoxy) is 2. The molecule has 2 saturated heterocycles. The predicted molar refractivity (Wildman–Crippen MR) is 167 cm³/mol. The smallest absolute Gasteiger partial charge is 0.160 e. The number of rotatable bonds is 8. The van der Waals surface area contributed by atoms with Crippen LogP contribution in [0.4, 0.5) is 10.2 Å². The zero-order valence-electron chi connectivity index (χ0n) is 25.9. The van der Waals surface area contributed by atoms with Gasteiger partial charge in [-0.2, -0.15) is 5.10 Å². The standard InChI is InChI=1S/C33H42FN7O2/c1-6-43-24-17-30(40-15-10-33(11-16-40)8-13-39(14-9-33)22-32(3,4)34)38-31(18-24)41-28-19-27(37-23(2)25(28)21-36-41)26-20-35-12-7-29(26)42-5/h7,12,17-21H,6,8-11,13-16,22H2,1-5H3. The lowest BCUT2D eigenvalue weighted by atomic mass is 9.71. The average Bonchev–Trinajstić information content (AvgIpc) is 3.43. The molecule has 4 aromatic heterocycles. The molecule has 43 heavy (non-hydrogen) atoms. The van der Waals surface area contributed by atoms with Crippen molar-refractivity contribution in [3.8, 4) is 28.6 Å². The molecule has 0 aromatic carbocycles. The second-order valence-corrected chi connectivity index (χ2v) is 12.6. The van der Waals surface area contributed by atoms with Crippen LogP contribution in [0.1, 0.15) is 52.1 Å². The van der Waals surface area contributed by atoms with Gasteiger partial charge in [0, 0.05) is 55.2 Å². The van der Waals surface area contributed by atoms with E-state index in [1.807, 2.05) is 49.0 Å². The molecule has 0 amide bonds. The van der Waals surface area contributed by atoms with Gasteiger partial charge in [-0.05, 0) is 84.0 Å². The molecule has 4 aromatic rings. The molecule has 6 rings (SSSR count). The second kappa shape index (κ2) is 11.7. The maximum absolute atomic E-state index is 14.2. The molecular formula is C33H42FN7O2. The molecule has 6 heterocycles. The Morgan fingerprint density at radius 1 is 0.977 bits per heavy atom. The third kappa shape index (κ3) is 6.16. The van der Waals surface area contributed by atoms with Gasteiger partial charge in [0.05, 0.1) is 36.7 Å². The summed E-state index contributed by atoms with van der Waals surface area (Å²) in [6.07, 6.45) is 9.81. The van der Waals surface area contributed by atoms with Crippen LogP contribution >= 0.6 is 0 Å². The summed E-state index contributed by atoms with van der Waals surface area (Å²) >= 11 is 0. The third-order valence-electron chi connectivity index (χ3n) is 9.00. The molecule has 9 nitrogen and oxygen atoms in total. The number of methoxy groups -OCH3 is 1. The summed E-state index contributed by atoms with van der Waals surface area (Å²) in [4.78, 5) is 18.9. The Kier molecular flexibility index (Phi) is 7.98. The van der Waals surface area contributed by atoms with E-state index in [1.54, 1.807) is 33.4 Å². The van der Waals surface area contributed by atoms with Crippen LogP contribution in [0.25, 0.3) is 28.0 Å². The van der Waals surface area contributed by atoms with Crippen LogP contribution in [0, 0.1) is 12.3 Å². The molecule has 1 spiro atoms. The topological polar surface area (TPSA) is 81.4 Å². The Labute approximate surface area is 253 Å². The minimum atomic E-state index is -1.15. The molecule has 228 valence electrons. The summed E-state index contributed by atoms with van der Waals surface area (Å²) in [5.41, 5.74) is 2.54. The quantitative estimate of drug-likeness (QED) is 0.248. The number of aromatic nitrogens is 5. The second-order valence-electron chi connectivity index (χ2n) is 12.6. The number of hydrogen-bond acceptors (Lipinski definition) is 8. The van der Waals surface area contributed by atoms with Gasteiger partial charge in [-0.1, -0.05) is 0 Å². The van der Waals surface area contributed by atoms with Crippen molar-refractivity contribution in [1.82, 2.24) is 29.6 Å². The van der Waals surface area contributed by atoms with Crippen LogP contribution in [0.2, 0.25) is 0 Å². The molecule has 0 unspecified atom stereocenters. The molecule has 0 aliphatic carbocycles. The number of fused-ring (bicyclic) bond motifs is 1. The number of piperidine rings is 2. The summed E-state index contributed by atoms with van der Waals surface area (Å²) in [6, 6.07) is 7.85. The molecule has 2 aliphatic rings. The molecule has 2 aliphatic heterocycles. The summed E-state index contributed by atoms with van der Waals surface area (Å²) in [7, 11) is 1.65. The van der Waals surface area contributed by atoms with Crippen LogP contribution in [-0.4, -0.2) is 81.7 Å². The van der Waals surface area contributed by atoms with Crippen molar-refractivity contribution < 1.29 is 13.9 Å². The van der Waals surface area contributed by atoms with Crippen LogP contribution in [-0.2, 0) is 0 Å². The number of nitrogens with zero attached hydrogens (tertiary/aromatic N) is 7. The Bertz CT molecular complexity index is 1580. The van der Waals surface area contributed by atoms with E-state index in [-0.39, 0.29) is 0 Å². The van der Waals surface area contributed by atoms with Gasteiger partial charge in [0.1, 0.15) is 23.0 Å². The monoisotopic (exact) mass is 587 g/mol. The molecule has 0 N–H and O–H groups in total. The first-order valence-electron chi connectivity index (χ1n) is 15.3. The van der Waals surface area contributed by atoms with Crippen LogP contribution in [0.5, 0.6) is 11.5 Å². The molecule has 0 radical (unpaired) electrons. The predicted octanol–water partition coefficient (Wildman–Crippen LogP) is 6.02. The van der Waals surface area contributed by atoms with Gasteiger partial charge in [0.25, 0.3) is 0 Å². The van der Waals surface area contributed by atoms with Gasteiger partial charge in [0.15, 0.2) is 5.82 Å². The number of anilines is 1. The summed E-state index contributed by atoms with van der Waals surface area (Å²) in [5, 5.41) is 5.71. The van der Waals surface area contributed by atoms with Crippen molar-refractivity contribution in [2.75, 3.05) is 51.3 Å². The number of likely N-dealkylation sites (tertiary alicyclic amines) is 1. The van der Waals surface area contributed by atoms with Crippen molar-refractivity contribution in [2.24, 2.45) is 5.41 Å². The van der Waals surface area contributed by atoms with E-state index in [0.29, 0.717) is 30.1 Å². The van der Waals surface area contributed by atoms with E-state index in [9.17, 15) is 4.39 Å². The SMILES string of the molecule is CCOc1cc(N2CCC3(CCN(CC(C)(C)F)CC3)CC2)nc(-n2ncc3c(C)nc(-c4cnccc4OC)cc32)c1. The fourth-order valence-electron chi connectivity index (χ4n) is 6.68. The van der Waals surface area contributed by atoms with Crippen molar-refractivity contribution in [1.29, 1.82) is 0 Å². The maximum Gasteiger partial charge on any atom is 0.160 e. The van der Waals surface area contributed by atoms with E-state index < -0.39 is 5.67 Å². The van der Waals surface area contributed by atoms with Gasteiger partial charge < -0.3 is 19.3 Å². The van der Waals surface area contributed by atoms with Crippen LogP contribution < -0.4 is 14.4 Å². The van der Waals surface area contributed by atoms with E-state index in [1.165, 1.54) is 0 Å². The molecule has 2 fully saturated rings. The Balaban J connectivity index is 1.27. The highest BCUT2D eigenvalue weighted by molar-refractivity contribution is 5.86. The fourth-order valence-corrected chi connectivity index (χ4v) is 6.68. The van der Waals surface area contributed by atoms with Crippen molar-refractivity contribution >= 4 is 16.7 Å². The summed E-state index contributed by atoms with van der Waals surface area (Å²) in [5.74, 6) is 3.09. The van der Waals surface area contributed by atoms with Gasteiger partial charge in [-0.15, -0.1) is 0 Å². The lowest BCUT2D eigenvalue weighted by Crippen LogP contribution is -2.49. The molecule has 0 saturated carbocycles. The first kappa shape index (κ1) is 29.3. The van der Waals surface area contributed by atoms with Crippen LogP contribution in [0.3, 0.4) is 0 Å². The molecule has 0 atom stereocenters. The zero-order chi connectivity index (χ0) is 30.2. The summed E-state index contributed by atoms with van der Waals surface area (Å²) < 4.78 is 27.7. The average molecular weight is 588 g/mol. The highest BCUT2D eigenvalue weighted by Crippen LogP contribution is 2.43. The molecule has 10 heteroatoms. The zero-order valence-corrected chi connectivity index (χ0v) is 25.9. The van der Waals surface area contributed by atoms with E-state index in [0.717, 1.165) is 91.3 Å². The van der Waals surface area contributed by atoms with Crippen molar-refractivity contribution in [3.05, 3.63) is 48.5 Å².